The van der Waals surface area contributed by atoms with Crippen LogP contribution in [0.3, 0.4) is 0 Å². The lowest BCUT2D eigenvalue weighted by molar-refractivity contribution is -0.127. The van der Waals surface area contributed by atoms with Crippen molar-refractivity contribution in [3.8, 4) is 0 Å². The number of aliphatic hydroxyl groups excluding tert-OH is 1. The van der Waals surface area contributed by atoms with Crippen molar-refractivity contribution >= 4 is 11.8 Å². The molecule has 0 bridgehead atoms. The molecule has 1 aliphatic heterocycles. The van der Waals surface area contributed by atoms with Gasteiger partial charge in [-0.15, -0.1) is 0 Å². The first-order chi connectivity index (χ1) is 12.1. The lowest BCUT2D eigenvalue weighted by Crippen LogP contribution is -2.52. The highest BCUT2D eigenvalue weighted by atomic mass is 16.3. The average Bonchev–Trinajstić information content (AvgIpc) is 2.66. The molecule has 3 unspecified atom stereocenters. The van der Waals surface area contributed by atoms with Gasteiger partial charge in [0, 0.05) is 18.7 Å². The quantitative estimate of drug-likeness (QED) is 0.881. The maximum absolute atomic E-state index is 12.8. The van der Waals surface area contributed by atoms with Gasteiger partial charge >= 0.3 is 0 Å². The zero-order chi connectivity index (χ0) is 17.6. The first-order valence-corrected chi connectivity index (χ1v) is 9.47. The zero-order valence-electron chi connectivity index (χ0n) is 14.7. The fourth-order valence-corrected chi connectivity index (χ4v) is 4.00. The van der Waals surface area contributed by atoms with Gasteiger partial charge in [-0.05, 0) is 56.6 Å². The van der Waals surface area contributed by atoms with Crippen molar-refractivity contribution in [1.82, 2.24) is 10.2 Å². The van der Waals surface area contributed by atoms with Crippen LogP contribution in [0.25, 0.3) is 0 Å². The second-order valence-electron chi connectivity index (χ2n) is 7.31. The van der Waals surface area contributed by atoms with Crippen LogP contribution in [0.1, 0.15) is 55.3 Å². The molecule has 2 aliphatic rings. The van der Waals surface area contributed by atoms with Crippen LogP contribution in [-0.4, -0.2) is 47.1 Å². The van der Waals surface area contributed by atoms with Gasteiger partial charge in [-0.2, -0.15) is 0 Å². The molecule has 0 aromatic heterocycles. The number of aliphatic hydroxyl groups is 1. The second kappa shape index (κ2) is 8.48. The van der Waals surface area contributed by atoms with Crippen molar-refractivity contribution in [1.29, 1.82) is 0 Å². The van der Waals surface area contributed by atoms with E-state index in [0.717, 1.165) is 44.9 Å². The zero-order valence-corrected chi connectivity index (χ0v) is 14.7. The minimum atomic E-state index is -0.380. The average molecular weight is 344 g/mol. The van der Waals surface area contributed by atoms with Crippen LogP contribution in [0.4, 0.5) is 0 Å². The topological polar surface area (TPSA) is 69.6 Å². The summed E-state index contributed by atoms with van der Waals surface area (Å²) in [6, 6.07) is 8.80. The van der Waals surface area contributed by atoms with Gasteiger partial charge in [-0.1, -0.05) is 24.6 Å². The summed E-state index contributed by atoms with van der Waals surface area (Å²) in [6.07, 6.45) is 6.09. The van der Waals surface area contributed by atoms with E-state index in [-0.39, 0.29) is 24.0 Å². The summed E-state index contributed by atoms with van der Waals surface area (Å²) >= 11 is 0. The van der Waals surface area contributed by atoms with E-state index < -0.39 is 0 Å². The highest BCUT2D eigenvalue weighted by Crippen LogP contribution is 2.24. The van der Waals surface area contributed by atoms with Crippen molar-refractivity contribution < 1.29 is 14.7 Å². The molecule has 2 fully saturated rings. The molecule has 5 nitrogen and oxygen atoms in total. The van der Waals surface area contributed by atoms with Crippen molar-refractivity contribution in [3.63, 3.8) is 0 Å². The minimum absolute atomic E-state index is 0.0518. The minimum Gasteiger partial charge on any atom is -0.393 e. The van der Waals surface area contributed by atoms with E-state index in [1.165, 1.54) is 0 Å². The Balaban J connectivity index is 1.60. The van der Waals surface area contributed by atoms with Gasteiger partial charge in [0.05, 0.1) is 6.10 Å². The molecular formula is C20H28N2O3. The maximum Gasteiger partial charge on any atom is 0.254 e. The molecule has 1 aromatic rings. The SMILES string of the molecule is O=C(NCC1CCCC(O)C1)C1CCCCN1C(=O)c1ccccc1. The molecule has 1 aromatic carbocycles. The molecule has 1 saturated carbocycles. The summed E-state index contributed by atoms with van der Waals surface area (Å²) in [4.78, 5) is 27.2. The number of benzene rings is 1. The van der Waals surface area contributed by atoms with E-state index in [2.05, 4.69) is 5.32 Å². The lowest BCUT2D eigenvalue weighted by atomic mass is 9.87. The molecule has 136 valence electrons. The molecule has 0 radical (unpaired) electrons. The molecule has 0 spiro atoms. The number of carbonyl (C=O) groups excluding carboxylic acids is 2. The van der Waals surface area contributed by atoms with E-state index in [1.54, 1.807) is 17.0 Å². The van der Waals surface area contributed by atoms with Crippen LogP contribution in [0.2, 0.25) is 0 Å². The van der Waals surface area contributed by atoms with Gasteiger partial charge in [0.15, 0.2) is 0 Å². The predicted octanol–water partition coefficient (Wildman–Crippen LogP) is 2.35. The Bertz CT molecular complexity index is 590. The molecule has 3 atom stereocenters. The Labute approximate surface area is 149 Å². The summed E-state index contributed by atoms with van der Waals surface area (Å²) in [7, 11) is 0. The normalized spacial score (nSPS) is 26.9. The molecular weight excluding hydrogens is 316 g/mol. The number of hydrogen-bond donors (Lipinski definition) is 2. The summed E-state index contributed by atoms with van der Waals surface area (Å²) in [5, 5.41) is 12.8. The number of nitrogens with zero attached hydrogens (tertiary/aromatic N) is 1. The van der Waals surface area contributed by atoms with Crippen LogP contribution < -0.4 is 5.32 Å². The Hall–Kier alpha value is -1.88. The number of carbonyl (C=O) groups is 2. The van der Waals surface area contributed by atoms with Gasteiger partial charge in [0.1, 0.15) is 6.04 Å². The van der Waals surface area contributed by atoms with Gasteiger partial charge in [-0.25, -0.2) is 0 Å². The number of rotatable bonds is 4. The van der Waals surface area contributed by atoms with Crippen LogP contribution in [-0.2, 0) is 4.79 Å². The van der Waals surface area contributed by atoms with Gasteiger partial charge in [0.25, 0.3) is 5.91 Å². The summed E-state index contributed by atoms with van der Waals surface area (Å²) < 4.78 is 0. The standard InChI is InChI=1S/C20H28N2O3/c23-17-10-6-7-15(13-17)14-21-19(24)18-11-4-5-12-22(18)20(25)16-8-2-1-3-9-16/h1-3,8-9,15,17-18,23H,4-7,10-14H2,(H,21,24). The van der Waals surface area contributed by atoms with E-state index in [0.29, 0.717) is 24.6 Å². The van der Waals surface area contributed by atoms with E-state index in [4.69, 9.17) is 0 Å². The third kappa shape index (κ3) is 4.60. The molecule has 5 heteroatoms. The number of nitrogens with one attached hydrogen (secondary N) is 1. The van der Waals surface area contributed by atoms with Crippen LogP contribution in [0.15, 0.2) is 30.3 Å². The van der Waals surface area contributed by atoms with E-state index >= 15 is 0 Å². The van der Waals surface area contributed by atoms with Crippen molar-refractivity contribution in [2.24, 2.45) is 5.92 Å². The maximum atomic E-state index is 12.8. The van der Waals surface area contributed by atoms with E-state index in [9.17, 15) is 14.7 Å². The summed E-state index contributed by atoms with van der Waals surface area (Å²) in [6.45, 7) is 1.23. The molecule has 3 rings (SSSR count). The van der Waals surface area contributed by atoms with Gasteiger partial charge in [-0.3, -0.25) is 9.59 Å². The summed E-state index contributed by atoms with van der Waals surface area (Å²) in [5.41, 5.74) is 0.637. The fraction of sp³-hybridized carbons (Fsp3) is 0.600. The second-order valence-corrected chi connectivity index (χ2v) is 7.31. The van der Waals surface area contributed by atoms with Gasteiger partial charge < -0.3 is 15.3 Å². The number of amides is 2. The highest BCUT2D eigenvalue weighted by molar-refractivity contribution is 5.97. The Morgan fingerprint density at radius 3 is 2.64 bits per heavy atom. The van der Waals surface area contributed by atoms with Crippen LogP contribution in [0, 0.1) is 5.92 Å². The fourth-order valence-electron chi connectivity index (χ4n) is 4.00. The molecule has 2 N–H and O–H groups in total. The van der Waals surface area contributed by atoms with E-state index in [1.807, 2.05) is 18.2 Å². The van der Waals surface area contributed by atoms with Crippen LogP contribution in [0.5, 0.6) is 0 Å². The molecule has 1 saturated heterocycles. The smallest absolute Gasteiger partial charge is 0.254 e. The number of likely N-dealkylation sites (tertiary alicyclic amines) is 1. The lowest BCUT2D eigenvalue weighted by Gasteiger charge is -2.35. The van der Waals surface area contributed by atoms with Crippen LogP contribution >= 0.6 is 0 Å². The highest BCUT2D eigenvalue weighted by Gasteiger charge is 2.33. The predicted molar refractivity (Wildman–Crippen MR) is 96.1 cm³/mol. The Morgan fingerprint density at radius 2 is 1.88 bits per heavy atom. The number of piperidine rings is 1. The molecule has 1 heterocycles. The monoisotopic (exact) mass is 344 g/mol. The van der Waals surface area contributed by atoms with Crippen molar-refractivity contribution in [2.45, 2.75) is 57.1 Å². The third-order valence-corrected chi connectivity index (χ3v) is 5.41. The first kappa shape index (κ1) is 17.9. The molecule has 25 heavy (non-hydrogen) atoms. The van der Waals surface area contributed by atoms with Crippen molar-refractivity contribution in [2.75, 3.05) is 13.1 Å². The molecule has 1 aliphatic carbocycles. The largest absolute Gasteiger partial charge is 0.393 e. The van der Waals surface area contributed by atoms with Gasteiger partial charge in [0.2, 0.25) is 5.91 Å². The number of hydrogen-bond acceptors (Lipinski definition) is 3. The Kier molecular flexibility index (Phi) is 6.08. The first-order valence-electron chi connectivity index (χ1n) is 9.47. The Morgan fingerprint density at radius 1 is 1.08 bits per heavy atom. The van der Waals surface area contributed by atoms with Crippen molar-refractivity contribution in [3.05, 3.63) is 35.9 Å². The molecule has 2 amide bonds. The third-order valence-electron chi connectivity index (χ3n) is 5.41. The summed E-state index contributed by atoms with van der Waals surface area (Å²) in [5.74, 6) is 0.229.